The lowest BCUT2D eigenvalue weighted by molar-refractivity contribution is 1.50. The second-order valence-electron chi connectivity index (χ2n) is 3.10. The summed E-state index contributed by atoms with van der Waals surface area (Å²) in [6.07, 6.45) is 10.7. The van der Waals surface area contributed by atoms with E-state index in [4.69, 9.17) is 5.26 Å². The highest BCUT2D eigenvalue weighted by atomic mass is 14.2. The van der Waals surface area contributed by atoms with Crippen LogP contribution in [0.25, 0.3) is 6.08 Å². The van der Waals surface area contributed by atoms with Crippen LogP contribution >= 0.6 is 0 Å². The van der Waals surface area contributed by atoms with Crippen LogP contribution in [0.3, 0.4) is 0 Å². The first-order chi connectivity index (χ1) is 7.86. The van der Waals surface area contributed by atoms with Crippen molar-refractivity contribution in [2.24, 2.45) is 0 Å². The third kappa shape index (κ3) is 4.26. The fourth-order valence-electron chi connectivity index (χ4n) is 1.13. The van der Waals surface area contributed by atoms with Gasteiger partial charge in [0.05, 0.1) is 11.6 Å². The van der Waals surface area contributed by atoms with Crippen molar-refractivity contribution in [3.05, 3.63) is 78.4 Å². The molecule has 0 aliphatic carbocycles. The Morgan fingerprint density at radius 3 is 2.56 bits per heavy atom. The molecule has 0 saturated heterocycles. The van der Waals surface area contributed by atoms with Gasteiger partial charge in [-0.1, -0.05) is 61.2 Å². The lowest BCUT2D eigenvalue weighted by Crippen LogP contribution is -1.70. The summed E-state index contributed by atoms with van der Waals surface area (Å²) in [6.45, 7) is 3.55. The minimum Gasteiger partial charge on any atom is -0.192 e. The van der Waals surface area contributed by atoms with Crippen molar-refractivity contribution in [1.29, 1.82) is 5.26 Å². The van der Waals surface area contributed by atoms with Crippen molar-refractivity contribution in [3.63, 3.8) is 0 Å². The van der Waals surface area contributed by atoms with E-state index >= 15 is 0 Å². The summed E-state index contributed by atoms with van der Waals surface area (Å²) in [4.78, 5) is 0. The van der Waals surface area contributed by atoms with E-state index in [9.17, 15) is 0 Å². The van der Waals surface area contributed by atoms with Crippen molar-refractivity contribution in [3.8, 4) is 6.07 Å². The highest BCUT2D eigenvalue weighted by Gasteiger charge is 1.84. The average Bonchev–Trinajstić information content (AvgIpc) is 2.35. The molecule has 1 heteroatoms. The van der Waals surface area contributed by atoms with Crippen LogP contribution in [-0.2, 0) is 0 Å². The van der Waals surface area contributed by atoms with Crippen molar-refractivity contribution in [2.45, 2.75) is 0 Å². The lowest BCUT2D eigenvalue weighted by atomic mass is 10.2. The predicted molar refractivity (Wildman–Crippen MR) is 68.5 cm³/mol. The summed E-state index contributed by atoms with van der Waals surface area (Å²) in [6, 6.07) is 12.0. The Balaban J connectivity index is 2.71. The largest absolute Gasteiger partial charge is 0.192 e. The van der Waals surface area contributed by atoms with Crippen LogP contribution in [0.4, 0.5) is 0 Å². The van der Waals surface area contributed by atoms with Crippen LogP contribution in [0.15, 0.2) is 72.9 Å². The van der Waals surface area contributed by atoms with Crippen LogP contribution in [0.5, 0.6) is 0 Å². The van der Waals surface area contributed by atoms with Gasteiger partial charge in [0.1, 0.15) is 0 Å². The number of hydrogen-bond acceptors (Lipinski definition) is 1. The number of allylic oxidation sites excluding steroid dienone is 6. The van der Waals surface area contributed by atoms with Gasteiger partial charge < -0.3 is 0 Å². The number of nitrogens with zero attached hydrogens (tertiary/aromatic N) is 1. The topological polar surface area (TPSA) is 23.8 Å². The molecule has 0 saturated carbocycles. The Hall–Kier alpha value is -2.33. The van der Waals surface area contributed by atoms with Gasteiger partial charge in [-0.25, -0.2) is 0 Å². The Morgan fingerprint density at radius 1 is 1.19 bits per heavy atom. The second kappa shape index (κ2) is 7.03. The standard InChI is InChI=1S/C15H13N/c1-2-3-8-15(13-16)12-7-11-14-9-5-4-6-10-14/h2-12H,1H2. The molecule has 1 aromatic rings. The molecule has 0 amide bonds. The first-order valence-corrected chi connectivity index (χ1v) is 4.99. The minimum atomic E-state index is 0.604. The molecule has 0 fully saturated rings. The smallest absolute Gasteiger partial charge is 0.0991 e. The summed E-state index contributed by atoms with van der Waals surface area (Å²) < 4.78 is 0. The van der Waals surface area contributed by atoms with Crippen molar-refractivity contribution in [1.82, 2.24) is 0 Å². The molecule has 0 unspecified atom stereocenters. The van der Waals surface area contributed by atoms with Gasteiger partial charge in [0.25, 0.3) is 0 Å². The summed E-state index contributed by atoms with van der Waals surface area (Å²) in [5.74, 6) is 0. The zero-order chi connectivity index (χ0) is 11.6. The van der Waals surface area contributed by atoms with Gasteiger partial charge >= 0.3 is 0 Å². The van der Waals surface area contributed by atoms with E-state index in [0.29, 0.717) is 5.57 Å². The van der Waals surface area contributed by atoms with Crippen LogP contribution in [-0.4, -0.2) is 0 Å². The van der Waals surface area contributed by atoms with Crippen LogP contribution < -0.4 is 0 Å². The van der Waals surface area contributed by atoms with E-state index in [2.05, 4.69) is 12.6 Å². The molecule has 0 aliphatic rings. The maximum absolute atomic E-state index is 8.81. The maximum atomic E-state index is 8.81. The fourth-order valence-corrected chi connectivity index (χ4v) is 1.13. The molecule has 1 aromatic carbocycles. The summed E-state index contributed by atoms with van der Waals surface area (Å²) in [7, 11) is 0. The van der Waals surface area contributed by atoms with Crippen molar-refractivity contribution < 1.29 is 0 Å². The SMILES string of the molecule is C=CC=CC(C#N)=CC=Cc1ccccc1. The van der Waals surface area contributed by atoms with Gasteiger partial charge in [0.15, 0.2) is 0 Å². The molecule has 0 aromatic heterocycles. The molecular formula is C15H13N. The Labute approximate surface area is 96.4 Å². The van der Waals surface area contributed by atoms with E-state index in [0.717, 1.165) is 5.56 Å². The molecule has 1 nitrogen and oxygen atoms in total. The number of benzene rings is 1. The molecular weight excluding hydrogens is 194 g/mol. The highest BCUT2D eigenvalue weighted by molar-refractivity contribution is 5.52. The van der Waals surface area contributed by atoms with E-state index in [1.165, 1.54) is 0 Å². The van der Waals surface area contributed by atoms with E-state index in [1.807, 2.05) is 42.5 Å². The van der Waals surface area contributed by atoms with Crippen LogP contribution in [0.1, 0.15) is 5.56 Å². The molecule has 16 heavy (non-hydrogen) atoms. The maximum Gasteiger partial charge on any atom is 0.0991 e. The van der Waals surface area contributed by atoms with Crippen molar-refractivity contribution >= 4 is 6.08 Å². The van der Waals surface area contributed by atoms with Gasteiger partial charge in [-0.05, 0) is 17.7 Å². The normalized spacial score (nSPS) is 11.8. The van der Waals surface area contributed by atoms with Gasteiger partial charge in [-0.2, -0.15) is 5.26 Å². The third-order valence-electron chi connectivity index (χ3n) is 1.90. The first kappa shape index (κ1) is 11.7. The molecule has 0 N–H and O–H groups in total. The number of rotatable bonds is 4. The molecule has 0 spiro atoms. The Bertz CT molecular complexity index is 456. The van der Waals surface area contributed by atoms with E-state index in [1.54, 1.807) is 24.3 Å². The number of hydrogen-bond donors (Lipinski definition) is 0. The summed E-state index contributed by atoms with van der Waals surface area (Å²) in [5.41, 5.74) is 1.72. The van der Waals surface area contributed by atoms with Gasteiger partial charge in [-0.15, -0.1) is 0 Å². The van der Waals surface area contributed by atoms with Crippen LogP contribution in [0.2, 0.25) is 0 Å². The van der Waals surface area contributed by atoms with Gasteiger partial charge in [0, 0.05) is 0 Å². The average molecular weight is 207 g/mol. The quantitative estimate of drug-likeness (QED) is 0.542. The highest BCUT2D eigenvalue weighted by Crippen LogP contribution is 2.02. The predicted octanol–water partition coefficient (Wildman–Crippen LogP) is 3.89. The zero-order valence-electron chi connectivity index (χ0n) is 9.01. The monoisotopic (exact) mass is 207 g/mol. The number of nitriles is 1. The molecule has 1 rings (SSSR count). The molecule has 0 heterocycles. The Morgan fingerprint density at radius 2 is 1.94 bits per heavy atom. The molecule has 0 radical (unpaired) electrons. The first-order valence-electron chi connectivity index (χ1n) is 4.99. The molecule has 78 valence electrons. The summed E-state index contributed by atoms with van der Waals surface area (Å²) >= 11 is 0. The lowest BCUT2D eigenvalue weighted by Gasteiger charge is -1.89. The fraction of sp³-hybridized carbons (Fsp3) is 0. The zero-order valence-corrected chi connectivity index (χ0v) is 9.01. The molecule has 0 aliphatic heterocycles. The van der Waals surface area contributed by atoms with Gasteiger partial charge in [-0.3, -0.25) is 0 Å². The van der Waals surface area contributed by atoms with Crippen LogP contribution in [0, 0.1) is 11.3 Å². The Kier molecular flexibility index (Phi) is 5.16. The second-order valence-corrected chi connectivity index (χ2v) is 3.10. The van der Waals surface area contributed by atoms with Crippen molar-refractivity contribution in [2.75, 3.05) is 0 Å². The third-order valence-corrected chi connectivity index (χ3v) is 1.90. The summed E-state index contributed by atoms with van der Waals surface area (Å²) in [5, 5.41) is 8.81. The molecule has 0 atom stereocenters. The van der Waals surface area contributed by atoms with E-state index in [-0.39, 0.29) is 0 Å². The minimum absolute atomic E-state index is 0.604. The van der Waals surface area contributed by atoms with E-state index < -0.39 is 0 Å². The molecule has 0 bridgehead atoms. The van der Waals surface area contributed by atoms with Gasteiger partial charge in [0.2, 0.25) is 0 Å².